The smallest absolute Gasteiger partial charge is 0.410 e. The monoisotopic (exact) mass is 583 g/mol. The van der Waals surface area contributed by atoms with Gasteiger partial charge in [-0.05, 0) is 70.0 Å². The molecule has 0 unspecified atom stereocenters. The quantitative estimate of drug-likeness (QED) is 0.326. The molecule has 1 aliphatic heterocycles. The molecule has 0 radical (unpaired) electrons. The number of benzene rings is 2. The molecule has 2 N–H and O–H groups in total. The van der Waals surface area contributed by atoms with Gasteiger partial charge in [-0.3, -0.25) is 9.48 Å². The maximum absolute atomic E-state index is 12.9. The number of hydrogen-bond acceptors (Lipinski definition) is 7. The van der Waals surface area contributed by atoms with E-state index in [0.29, 0.717) is 65.3 Å². The van der Waals surface area contributed by atoms with Crippen molar-refractivity contribution in [1.82, 2.24) is 20.0 Å². The third-order valence-electron chi connectivity index (χ3n) is 6.66. The molecular formula is C30H38ClN5O5. The van der Waals surface area contributed by atoms with Crippen molar-refractivity contribution in [2.24, 2.45) is 7.05 Å². The molecule has 2 heterocycles. The van der Waals surface area contributed by atoms with E-state index in [1.54, 1.807) is 60.3 Å². The highest BCUT2D eigenvalue weighted by atomic mass is 35.5. The molecular weight excluding hydrogens is 546 g/mol. The minimum Gasteiger partial charge on any atom is -0.497 e. The third kappa shape index (κ3) is 8.14. The van der Waals surface area contributed by atoms with Crippen LogP contribution in [-0.2, 0) is 11.8 Å². The van der Waals surface area contributed by atoms with Crippen LogP contribution in [0.3, 0.4) is 0 Å². The van der Waals surface area contributed by atoms with Crippen molar-refractivity contribution < 1.29 is 23.8 Å². The summed E-state index contributed by atoms with van der Waals surface area (Å²) in [5, 5.41) is 11.2. The number of nitrogens with zero attached hydrogens (tertiary/aromatic N) is 3. The van der Waals surface area contributed by atoms with Crippen LogP contribution in [0.2, 0.25) is 5.02 Å². The van der Waals surface area contributed by atoms with Gasteiger partial charge in [-0.15, -0.1) is 0 Å². The van der Waals surface area contributed by atoms with Crippen molar-refractivity contribution in [3.63, 3.8) is 0 Å². The maximum atomic E-state index is 12.9. The van der Waals surface area contributed by atoms with Crippen molar-refractivity contribution in [3.05, 3.63) is 59.2 Å². The number of ether oxygens (including phenoxy) is 3. The zero-order valence-corrected chi connectivity index (χ0v) is 25.0. The van der Waals surface area contributed by atoms with Gasteiger partial charge in [0.25, 0.3) is 5.91 Å². The predicted octanol–water partition coefficient (Wildman–Crippen LogP) is 5.37. The largest absolute Gasteiger partial charge is 0.497 e. The van der Waals surface area contributed by atoms with Crippen LogP contribution in [0.1, 0.15) is 44.0 Å². The van der Waals surface area contributed by atoms with Crippen LogP contribution in [0.15, 0.2) is 48.7 Å². The van der Waals surface area contributed by atoms with Gasteiger partial charge in [0.2, 0.25) is 0 Å². The van der Waals surface area contributed by atoms with Crippen molar-refractivity contribution in [1.29, 1.82) is 0 Å². The van der Waals surface area contributed by atoms with E-state index in [2.05, 4.69) is 15.7 Å². The highest BCUT2D eigenvalue weighted by Gasteiger charge is 2.26. The normalized spacial score (nSPS) is 14.0. The van der Waals surface area contributed by atoms with Crippen molar-refractivity contribution in [2.45, 2.75) is 45.3 Å². The first-order valence-electron chi connectivity index (χ1n) is 13.7. The van der Waals surface area contributed by atoms with Gasteiger partial charge in [0.15, 0.2) is 0 Å². The summed E-state index contributed by atoms with van der Waals surface area (Å²) in [6.45, 7) is 7.98. The molecule has 0 spiro atoms. The number of methoxy groups -OCH3 is 1. The average Bonchev–Trinajstić information content (AvgIpc) is 3.28. The first kappa shape index (κ1) is 30.2. The molecule has 3 aromatic rings. The molecule has 10 nitrogen and oxygen atoms in total. The van der Waals surface area contributed by atoms with E-state index in [9.17, 15) is 9.59 Å². The SMILES string of the molecule is COc1cccc(C(=O)Nc2ccc(OCCNC3CCN(C(=O)OC(C)(C)C)CC3)c(-c3c(Cl)cnn3C)c2)c1. The van der Waals surface area contributed by atoms with Crippen LogP contribution in [-0.4, -0.2) is 71.7 Å². The number of nitrogens with one attached hydrogen (secondary N) is 2. The van der Waals surface area contributed by atoms with E-state index >= 15 is 0 Å². The van der Waals surface area contributed by atoms with E-state index in [-0.39, 0.29) is 18.0 Å². The summed E-state index contributed by atoms with van der Waals surface area (Å²) in [4.78, 5) is 27.0. The Labute approximate surface area is 245 Å². The molecule has 220 valence electrons. The highest BCUT2D eigenvalue weighted by molar-refractivity contribution is 6.33. The van der Waals surface area contributed by atoms with Gasteiger partial charge in [0.1, 0.15) is 23.7 Å². The molecule has 4 rings (SSSR count). The molecule has 1 aromatic heterocycles. The molecule has 2 aromatic carbocycles. The number of likely N-dealkylation sites (tertiary alicyclic amines) is 1. The second kappa shape index (κ2) is 13.3. The maximum Gasteiger partial charge on any atom is 0.410 e. The summed E-state index contributed by atoms with van der Waals surface area (Å²) in [7, 11) is 3.36. The van der Waals surface area contributed by atoms with Gasteiger partial charge >= 0.3 is 6.09 Å². The van der Waals surface area contributed by atoms with Crippen LogP contribution in [0.5, 0.6) is 11.5 Å². The topological polar surface area (TPSA) is 107 Å². The second-order valence-corrected chi connectivity index (χ2v) is 11.3. The number of aryl methyl sites for hydroxylation is 1. The highest BCUT2D eigenvalue weighted by Crippen LogP contribution is 2.36. The lowest BCUT2D eigenvalue weighted by molar-refractivity contribution is 0.0197. The summed E-state index contributed by atoms with van der Waals surface area (Å²) in [5.74, 6) is 0.962. The molecule has 11 heteroatoms. The van der Waals surface area contributed by atoms with Gasteiger partial charge in [0.05, 0.1) is 24.0 Å². The fourth-order valence-electron chi connectivity index (χ4n) is 4.62. The Morgan fingerprint density at radius 1 is 1.12 bits per heavy atom. The van der Waals surface area contributed by atoms with E-state index in [4.69, 9.17) is 25.8 Å². The standard InChI is InChI=1S/C30H38ClN5O5/c1-30(2,3)41-29(38)36-14-11-21(12-15-36)32-13-16-40-26-10-9-22(18-24(26)27-25(31)19-33-35(27)4)34-28(37)20-7-6-8-23(17-20)39-5/h6-10,17-19,21,32H,11-16H2,1-5H3,(H,34,37). The number of anilines is 1. The van der Waals surface area contributed by atoms with Gasteiger partial charge in [0, 0.05) is 49.5 Å². The summed E-state index contributed by atoms with van der Waals surface area (Å²) >= 11 is 6.48. The van der Waals surface area contributed by atoms with Gasteiger partial charge < -0.3 is 29.7 Å². The van der Waals surface area contributed by atoms with Gasteiger partial charge in [-0.2, -0.15) is 5.10 Å². The lowest BCUT2D eigenvalue weighted by Gasteiger charge is -2.33. The minimum atomic E-state index is -0.498. The van der Waals surface area contributed by atoms with Crippen molar-refractivity contribution >= 4 is 29.3 Å². The molecule has 0 atom stereocenters. The van der Waals surface area contributed by atoms with Crippen molar-refractivity contribution in [3.8, 4) is 22.8 Å². The number of amides is 2. The predicted molar refractivity (Wildman–Crippen MR) is 159 cm³/mol. The van der Waals surface area contributed by atoms with Crippen LogP contribution < -0.4 is 20.1 Å². The first-order chi connectivity index (χ1) is 19.5. The molecule has 1 saturated heterocycles. The molecule has 1 aliphatic rings. The number of rotatable bonds is 9. The van der Waals surface area contributed by atoms with Crippen molar-refractivity contribution in [2.75, 3.05) is 38.7 Å². The fraction of sp³-hybridized carbons (Fsp3) is 0.433. The number of carbonyl (C=O) groups excluding carboxylic acids is 2. The lowest BCUT2D eigenvalue weighted by atomic mass is 10.1. The van der Waals surface area contributed by atoms with Crippen LogP contribution in [0, 0.1) is 0 Å². The second-order valence-electron chi connectivity index (χ2n) is 10.9. The Morgan fingerprint density at radius 2 is 1.88 bits per heavy atom. The Bertz CT molecular complexity index is 1340. The molecule has 1 fully saturated rings. The summed E-state index contributed by atoms with van der Waals surface area (Å²) in [6.07, 6.45) is 3.00. The third-order valence-corrected chi connectivity index (χ3v) is 6.93. The van der Waals surface area contributed by atoms with E-state index in [1.165, 1.54) is 0 Å². The number of hydrogen-bond donors (Lipinski definition) is 2. The number of aromatic nitrogens is 2. The van der Waals surface area contributed by atoms with Gasteiger partial charge in [-0.25, -0.2) is 4.79 Å². The zero-order chi connectivity index (χ0) is 29.6. The molecule has 2 amide bonds. The van der Waals surface area contributed by atoms with Gasteiger partial charge in [-0.1, -0.05) is 17.7 Å². The molecule has 0 aliphatic carbocycles. The Morgan fingerprint density at radius 3 is 2.54 bits per heavy atom. The fourth-order valence-corrected chi connectivity index (χ4v) is 4.88. The number of carbonyl (C=O) groups is 2. The Hall–Kier alpha value is -3.76. The molecule has 0 bridgehead atoms. The average molecular weight is 584 g/mol. The Balaban J connectivity index is 1.37. The van der Waals surface area contributed by atoms with Crippen LogP contribution in [0.25, 0.3) is 11.3 Å². The first-order valence-corrected chi connectivity index (χ1v) is 14.0. The lowest BCUT2D eigenvalue weighted by Crippen LogP contribution is -2.47. The minimum absolute atomic E-state index is 0.260. The van der Waals surface area contributed by atoms with E-state index in [0.717, 1.165) is 12.8 Å². The summed E-state index contributed by atoms with van der Waals surface area (Å²) < 4.78 is 18.6. The Kier molecular flexibility index (Phi) is 9.77. The van der Waals surface area contributed by atoms with E-state index in [1.807, 2.05) is 32.9 Å². The zero-order valence-electron chi connectivity index (χ0n) is 24.2. The van der Waals surface area contributed by atoms with E-state index < -0.39 is 5.60 Å². The number of halogens is 1. The summed E-state index contributed by atoms with van der Waals surface area (Å²) in [6, 6.07) is 12.7. The molecule has 41 heavy (non-hydrogen) atoms. The summed E-state index contributed by atoms with van der Waals surface area (Å²) in [5.41, 5.74) is 1.97. The number of piperidine rings is 1. The molecule has 0 saturated carbocycles. The van der Waals surface area contributed by atoms with Crippen LogP contribution in [0.4, 0.5) is 10.5 Å². The van der Waals surface area contributed by atoms with Crippen LogP contribution >= 0.6 is 11.6 Å².